The summed E-state index contributed by atoms with van der Waals surface area (Å²) in [6, 6.07) is 6.91. The van der Waals surface area contributed by atoms with Gasteiger partial charge in [-0.25, -0.2) is 0 Å². The molecule has 4 aliphatic rings. The fraction of sp³-hybridized carbons (Fsp3) is 0.619. The van der Waals surface area contributed by atoms with E-state index in [1.165, 1.54) is 38.5 Å². The molecule has 0 aromatic heterocycles. The van der Waals surface area contributed by atoms with Crippen molar-refractivity contribution < 1.29 is 9.59 Å². The van der Waals surface area contributed by atoms with Crippen molar-refractivity contribution in [2.45, 2.75) is 64.0 Å². The number of benzene rings is 1. The maximum atomic E-state index is 12.6. The smallest absolute Gasteiger partial charge is 0.241 e. The Labute approximate surface area is 149 Å². The molecule has 134 valence electrons. The average molecular weight is 340 g/mol. The van der Waals surface area contributed by atoms with Crippen molar-refractivity contribution in [1.82, 2.24) is 5.32 Å². The lowest BCUT2D eigenvalue weighted by Crippen LogP contribution is -2.62. The Balaban J connectivity index is 1.38. The molecule has 5 rings (SSSR count). The standard InChI is InChI=1S/C21H28N2O2/c1-13(20(25)22-19-5-3-18(4-6-19)14(2)24)23-21-10-15-7-16(11-21)9-17(8-15)12-21/h3-6,13,15-17,23H,7-12H2,1-2H3,(H,22,25)/t13-,15?,16?,17?,21?/m0/s1. The van der Waals surface area contributed by atoms with Crippen LogP contribution in [0.4, 0.5) is 5.69 Å². The van der Waals surface area contributed by atoms with Crippen molar-refractivity contribution in [3.63, 3.8) is 0 Å². The highest BCUT2D eigenvalue weighted by atomic mass is 16.2. The molecule has 4 fully saturated rings. The number of hydrogen-bond donors (Lipinski definition) is 2. The third-order valence-electron chi connectivity index (χ3n) is 6.51. The maximum absolute atomic E-state index is 12.6. The molecule has 1 atom stereocenters. The van der Waals surface area contributed by atoms with Gasteiger partial charge in [-0.3, -0.25) is 9.59 Å². The number of ketones is 1. The van der Waals surface area contributed by atoms with E-state index in [4.69, 9.17) is 0 Å². The highest BCUT2D eigenvalue weighted by Gasteiger charge is 2.51. The molecule has 25 heavy (non-hydrogen) atoms. The fourth-order valence-corrected chi connectivity index (χ4v) is 5.85. The third-order valence-corrected chi connectivity index (χ3v) is 6.51. The minimum Gasteiger partial charge on any atom is -0.325 e. The molecule has 4 bridgehead atoms. The third kappa shape index (κ3) is 3.37. The van der Waals surface area contributed by atoms with Crippen molar-refractivity contribution in [1.29, 1.82) is 0 Å². The summed E-state index contributed by atoms with van der Waals surface area (Å²) < 4.78 is 0. The number of carbonyl (C=O) groups is 2. The van der Waals surface area contributed by atoms with E-state index >= 15 is 0 Å². The van der Waals surface area contributed by atoms with Crippen LogP contribution in [0.25, 0.3) is 0 Å². The van der Waals surface area contributed by atoms with E-state index in [1.807, 2.05) is 6.92 Å². The molecular weight excluding hydrogens is 312 g/mol. The fourth-order valence-electron chi connectivity index (χ4n) is 5.85. The Hall–Kier alpha value is -1.68. The van der Waals surface area contributed by atoms with E-state index in [1.54, 1.807) is 31.2 Å². The largest absolute Gasteiger partial charge is 0.325 e. The lowest BCUT2D eigenvalue weighted by atomic mass is 9.53. The second kappa shape index (κ2) is 6.24. The number of carbonyl (C=O) groups excluding carboxylic acids is 2. The Bertz CT molecular complexity index is 644. The SMILES string of the molecule is CC(=O)c1ccc(NC(=O)[C@H](C)NC23CC4CC(CC(C4)C2)C3)cc1. The van der Waals surface area contributed by atoms with E-state index in [0.29, 0.717) is 5.56 Å². The summed E-state index contributed by atoms with van der Waals surface area (Å²) in [5, 5.41) is 6.69. The van der Waals surface area contributed by atoms with Gasteiger partial charge in [0, 0.05) is 16.8 Å². The maximum Gasteiger partial charge on any atom is 0.241 e. The molecule has 0 aliphatic heterocycles. The van der Waals surface area contributed by atoms with E-state index < -0.39 is 0 Å². The van der Waals surface area contributed by atoms with Gasteiger partial charge in [0.2, 0.25) is 5.91 Å². The van der Waals surface area contributed by atoms with Crippen LogP contribution in [0, 0.1) is 17.8 Å². The van der Waals surface area contributed by atoms with Crippen molar-refractivity contribution in [3.05, 3.63) is 29.8 Å². The normalized spacial score (nSPS) is 33.9. The molecule has 0 radical (unpaired) electrons. The summed E-state index contributed by atoms with van der Waals surface area (Å²) in [5.74, 6) is 2.65. The first-order valence-electron chi connectivity index (χ1n) is 9.62. The van der Waals surface area contributed by atoms with Crippen LogP contribution in [0.1, 0.15) is 62.7 Å². The number of anilines is 1. The summed E-state index contributed by atoms with van der Waals surface area (Å²) in [5.41, 5.74) is 1.59. The number of amides is 1. The molecule has 0 spiro atoms. The second-order valence-electron chi connectivity index (χ2n) is 8.69. The van der Waals surface area contributed by atoms with Crippen molar-refractivity contribution in [2.24, 2.45) is 17.8 Å². The average Bonchev–Trinajstić information content (AvgIpc) is 2.53. The predicted molar refractivity (Wildman–Crippen MR) is 98.6 cm³/mol. The van der Waals surface area contributed by atoms with Gasteiger partial charge in [-0.05, 0) is 94.4 Å². The molecule has 4 saturated carbocycles. The van der Waals surface area contributed by atoms with Gasteiger partial charge in [-0.2, -0.15) is 0 Å². The first-order valence-corrected chi connectivity index (χ1v) is 9.62. The van der Waals surface area contributed by atoms with Crippen molar-refractivity contribution in [3.8, 4) is 0 Å². The van der Waals surface area contributed by atoms with Crippen molar-refractivity contribution >= 4 is 17.4 Å². The Morgan fingerprint density at radius 2 is 1.52 bits per heavy atom. The van der Waals surface area contributed by atoms with Gasteiger partial charge in [-0.1, -0.05) is 0 Å². The van der Waals surface area contributed by atoms with E-state index in [0.717, 1.165) is 23.4 Å². The summed E-state index contributed by atoms with van der Waals surface area (Å²) >= 11 is 0. The quantitative estimate of drug-likeness (QED) is 0.802. The highest BCUT2D eigenvalue weighted by Crippen LogP contribution is 2.55. The molecule has 0 heterocycles. The summed E-state index contributed by atoms with van der Waals surface area (Å²) in [7, 11) is 0. The lowest BCUT2D eigenvalue weighted by Gasteiger charge is -2.57. The van der Waals surface area contributed by atoms with Crippen LogP contribution in [0.5, 0.6) is 0 Å². The van der Waals surface area contributed by atoms with Gasteiger partial charge in [0.25, 0.3) is 0 Å². The van der Waals surface area contributed by atoms with Crippen LogP contribution in [0.2, 0.25) is 0 Å². The van der Waals surface area contributed by atoms with Crippen LogP contribution >= 0.6 is 0 Å². The first-order chi connectivity index (χ1) is 11.9. The molecule has 0 saturated heterocycles. The molecule has 2 N–H and O–H groups in total. The Kier molecular flexibility index (Phi) is 4.19. The van der Waals surface area contributed by atoms with Crippen LogP contribution in [-0.4, -0.2) is 23.3 Å². The van der Waals surface area contributed by atoms with Crippen LogP contribution < -0.4 is 10.6 Å². The van der Waals surface area contributed by atoms with Crippen LogP contribution in [0.3, 0.4) is 0 Å². The summed E-state index contributed by atoms with van der Waals surface area (Å²) in [6.07, 6.45) is 7.94. The van der Waals surface area contributed by atoms with E-state index in [-0.39, 0.29) is 23.3 Å². The first kappa shape index (κ1) is 16.8. The van der Waals surface area contributed by atoms with Gasteiger partial charge in [0.05, 0.1) is 6.04 Å². The Morgan fingerprint density at radius 3 is 2.00 bits per heavy atom. The topological polar surface area (TPSA) is 58.2 Å². The molecular formula is C21H28N2O2. The van der Waals surface area contributed by atoms with E-state index in [9.17, 15) is 9.59 Å². The highest BCUT2D eigenvalue weighted by molar-refractivity contribution is 5.97. The van der Waals surface area contributed by atoms with Crippen molar-refractivity contribution in [2.75, 3.05) is 5.32 Å². The molecule has 4 heteroatoms. The predicted octanol–water partition coefficient (Wildman–Crippen LogP) is 3.77. The van der Waals surface area contributed by atoms with Gasteiger partial charge >= 0.3 is 0 Å². The molecule has 1 aromatic carbocycles. The van der Waals surface area contributed by atoms with Gasteiger partial charge in [0.15, 0.2) is 5.78 Å². The minimum absolute atomic E-state index is 0.00585. The lowest BCUT2D eigenvalue weighted by molar-refractivity contribution is -0.119. The molecule has 4 nitrogen and oxygen atoms in total. The number of hydrogen-bond acceptors (Lipinski definition) is 3. The van der Waals surface area contributed by atoms with Gasteiger partial charge in [-0.15, -0.1) is 0 Å². The van der Waals surface area contributed by atoms with Gasteiger partial charge < -0.3 is 10.6 Å². The zero-order valence-corrected chi connectivity index (χ0v) is 15.2. The number of nitrogens with one attached hydrogen (secondary N) is 2. The number of Topliss-reactive ketones (excluding diaryl/α,β-unsaturated/α-hetero) is 1. The molecule has 1 amide bonds. The Morgan fingerprint density at radius 1 is 1.00 bits per heavy atom. The van der Waals surface area contributed by atoms with Crippen LogP contribution in [-0.2, 0) is 4.79 Å². The van der Waals surface area contributed by atoms with Gasteiger partial charge in [0.1, 0.15) is 0 Å². The molecule has 4 aliphatic carbocycles. The summed E-state index contributed by atoms with van der Waals surface area (Å²) in [4.78, 5) is 24.0. The summed E-state index contributed by atoms with van der Waals surface area (Å²) in [6.45, 7) is 3.52. The van der Waals surface area contributed by atoms with Crippen LogP contribution in [0.15, 0.2) is 24.3 Å². The zero-order valence-electron chi connectivity index (χ0n) is 15.2. The zero-order chi connectivity index (χ0) is 17.6. The monoisotopic (exact) mass is 340 g/mol. The second-order valence-corrected chi connectivity index (χ2v) is 8.69. The molecule has 1 aromatic rings. The van der Waals surface area contributed by atoms with E-state index in [2.05, 4.69) is 10.6 Å². The molecule has 0 unspecified atom stereocenters. The minimum atomic E-state index is -0.205. The number of rotatable bonds is 5.